The van der Waals surface area contributed by atoms with Crippen molar-refractivity contribution in [2.24, 2.45) is 11.8 Å². The maximum Gasteiger partial charge on any atom is 0.227 e. The molecule has 1 unspecified atom stereocenters. The molecule has 1 aromatic heterocycles. The number of likely N-dealkylation sites (tertiary alicyclic amines) is 1. The number of nitrogens with zero attached hydrogens (tertiary/aromatic N) is 5. The number of fused-ring (bicyclic) bond motifs is 1. The zero-order valence-corrected chi connectivity index (χ0v) is 17.8. The number of carbonyl (C=O) groups excluding carboxylic acids is 1. The lowest BCUT2D eigenvalue weighted by Crippen LogP contribution is -2.52. The molecule has 3 heterocycles. The molecule has 7 nitrogen and oxygen atoms in total. The van der Waals surface area contributed by atoms with E-state index in [4.69, 9.17) is 4.74 Å². The van der Waals surface area contributed by atoms with Crippen molar-refractivity contribution in [2.75, 3.05) is 57.8 Å². The molecule has 0 spiro atoms. The third kappa shape index (κ3) is 4.21. The van der Waals surface area contributed by atoms with Crippen LogP contribution in [0, 0.1) is 11.8 Å². The molecule has 2 aliphatic heterocycles. The van der Waals surface area contributed by atoms with Crippen molar-refractivity contribution in [2.45, 2.75) is 25.7 Å². The lowest BCUT2D eigenvalue weighted by Gasteiger charge is -2.39. The molecule has 1 aromatic carbocycles. The van der Waals surface area contributed by atoms with Crippen LogP contribution in [0.25, 0.3) is 10.9 Å². The van der Waals surface area contributed by atoms with E-state index in [2.05, 4.69) is 43.8 Å². The second-order valence-electron chi connectivity index (χ2n) is 9.05. The highest BCUT2D eigenvalue weighted by Gasteiger charge is 2.30. The molecule has 160 valence electrons. The van der Waals surface area contributed by atoms with Crippen LogP contribution >= 0.6 is 0 Å². The summed E-state index contributed by atoms with van der Waals surface area (Å²) in [7, 11) is 2.11. The zero-order valence-electron chi connectivity index (χ0n) is 17.8. The van der Waals surface area contributed by atoms with E-state index in [-0.39, 0.29) is 5.92 Å². The summed E-state index contributed by atoms with van der Waals surface area (Å²) in [6.07, 6.45) is 6.25. The average Bonchev–Trinajstić information content (AvgIpc) is 3.61. The quantitative estimate of drug-likeness (QED) is 0.756. The molecular weight excluding hydrogens is 378 g/mol. The summed E-state index contributed by atoms with van der Waals surface area (Å²) in [5.74, 6) is 1.87. The standard InChI is InChI=1S/C23H31N5O2/c1-26-8-2-3-18(14-26)23(29)28-11-9-27(10-12-28)19-6-7-21-20(13-19)22(25-16-24-21)30-15-17-4-5-17/h6-7,13,16-18H,2-5,8-12,14-15H2,1H3. The Morgan fingerprint density at radius 1 is 1.10 bits per heavy atom. The minimum absolute atomic E-state index is 0.166. The summed E-state index contributed by atoms with van der Waals surface area (Å²) in [4.78, 5) is 28.4. The number of anilines is 1. The fraction of sp³-hybridized carbons (Fsp3) is 0.609. The summed E-state index contributed by atoms with van der Waals surface area (Å²) < 4.78 is 5.98. The molecule has 1 saturated carbocycles. The van der Waals surface area contributed by atoms with E-state index in [1.54, 1.807) is 6.33 Å². The number of benzene rings is 1. The summed E-state index contributed by atoms with van der Waals surface area (Å²) in [5, 5.41) is 0.972. The first kappa shape index (κ1) is 19.5. The first-order valence-electron chi connectivity index (χ1n) is 11.3. The Balaban J connectivity index is 1.25. The number of aromatic nitrogens is 2. The van der Waals surface area contributed by atoms with Crippen molar-refractivity contribution >= 4 is 22.5 Å². The van der Waals surface area contributed by atoms with Gasteiger partial charge in [-0.15, -0.1) is 0 Å². The molecule has 1 aliphatic carbocycles. The number of hydrogen-bond acceptors (Lipinski definition) is 6. The largest absolute Gasteiger partial charge is 0.477 e. The van der Waals surface area contributed by atoms with E-state index in [0.717, 1.165) is 75.3 Å². The first-order chi connectivity index (χ1) is 14.7. The van der Waals surface area contributed by atoms with Gasteiger partial charge in [0.2, 0.25) is 11.8 Å². The van der Waals surface area contributed by atoms with Crippen LogP contribution in [-0.2, 0) is 4.79 Å². The van der Waals surface area contributed by atoms with Crippen LogP contribution < -0.4 is 9.64 Å². The van der Waals surface area contributed by atoms with Crippen LogP contribution in [0.1, 0.15) is 25.7 Å². The molecule has 2 saturated heterocycles. The van der Waals surface area contributed by atoms with Crippen LogP contribution in [-0.4, -0.2) is 78.6 Å². The van der Waals surface area contributed by atoms with Crippen LogP contribution in [0.3, 0.4) is 0 Å². The van der Waals surface area contributed by atoms with Crippen molar-refractivity contribution in [1.82, 2.24) is 19.8 Å². The van der Waals surface area contributed by atoms with Gasteiger partial charge in [0.15, 0.2) is 0 Å². The highest BCUT2D eigenvalue weighted by molar-refractivity contribution is 5.87. The first-order valence-corrected chi connectivity index (χ1v) is 11.3. The van der Waals surface area contributed by atoms with Gasteiger partial charge in [0, 0.05) is 38.4 Å². The van der Waals surface area contributed by atoms with Gasteiger partial charge in [-0.25, -0.2) is 9.97 Å². The number of ether oxygens (including phenoxy) is 1. The van der Waals surface area contributed by atoms with Crippen LogP contribution in [0.2, 0.25) is 0 Å². The number of carbonyl (C=O) groups is 1. The Morgan fingerprint density at radius 3 is 2.70 bits per heavy atom. The topological polar surface area (TPSA) is 61.8 Å². The van der Waals surface area contributed by atoms with Crippen molar-refractivity contribution in [1.29, 1.82) is 0 Å². The van der Waals surface area contributed by atoms with E-state index in [1.807, 2.05) is 6.07 Å². The summed E-state index contributed by atoms with van der Waals surface area (Å²) in [6.45, 7) is 6.02. The monoisotopic (exact) mass is 409 g/mol. The Kier molecular flexibility index (Phi) is 5.46. The van der Waals surface area contributed by atoms with Crippen LogP contribution in [0.15, 0.2) is 24.5 Å². The predicted molar refractivity (Wildman–Crippen MR) is 117 cm³/mol. The van der Waals surface area contributed by atoms with E-state index < -0.39 is 0 Å². The van der Waals surface area contributed by atoms with Crippen molar-refractivity contribution < 1.29 is 9.53 Å². The van der Waals surface area contributed by atoms with Crippen molar-refractivity contribution in [3.05, 3.63) is 24.5 Å². The highest BCUT2D eigenvalue weighted by Crippen LogP contribution is 2.32. The Morgan fingerprint density at radius 2 is 1.93 bits per heavy atom. The second-order valence-corrected chi connectivity index (χ2v) is 9.05. The Hall–Kier alpha value is -2.41. The van der Waals surface area contributed by atoms with Gasteiger partial charge < -0.3 is 19.4 Å². The van der Waals surface area contributed by atoms with E-state index in [9.17, 15) is 4.79 Å². The number of piperidine rings is 1. The van der Waals surface area contributed by atoms with E-state index in [1.165, 1.54) is 12.8 Å². The van der Waals surface area contributed by atoms with Crippen LogP contribution in [0.5, 0.6) is 5.88 Å². The minimum Gasteiger partial charge on any atom is -0.477 e. The molecule has 3 aliphatic rings. The molecule has 1 atom stereocenters. The van der Waals surface area contributed by atoms with Gasteiger partial charge >= 0.3 is 0 Å². The summed E-state index contributed by atoms with van der Waals surface area (Å²) in [6, 6.07) is 6.31. The molecule has 5 rings (SSSR count). The maximum absolute atomic E-state index is 12.9. The molecule has 2 aromatic rings. The SMILES string of the molecule is CN1CCCC(C(=O)N2CCN(c3ccc4ncnc(OCC5CC5)c4c3)CC2)C1. The maximum atomic E-state index is 12.9. The van der Waals surface area contributed by atoms with Gasteiger partial charge in [0.05, 0.1) is 23.4 Å². The summed E-state index contributed by atoms with van der Waals surface area (Å²) >= 11 is 0. The molecule has 1 amide bonds. The molecule has 0 bridgehead atoms. The Bertz CT molecular complexity index is 908. The van der Waals surface area contributed by atoms with Gasteiger partial charge in [0.25, 0.3) is 0 Å². The zero-order chi connectivity index (χ0) is 20.5. The fourth-order valence-electron chi connectivity index (χ4n) is 4.63. The number of amides is 1. The molecule has 30 heavy (non-hydrogen) atoms. The predicted octanol–water partition coefficient (Wildman–Crippen LogP) is 2.41. The third-order valence-corrected chi connectivity index (χ3v) is 6.67. The fourth-order valence-corrected chi connectivity index (χ4v) is 4.63. The van der Waals surface area contributed by atoms with Gasteiger partial charge in [-0.1, -0.05) is 0 Å². The minimum atomic E-state index is 0.166. The molecule has 7 heteroatoms. The highest BCUT2D eigenvalue weighted by atomic mass is 16.5. The lowest BCUT2D eigenvalue weighted by molar-refractivity contribution is -0.137. The van der Waals surface area contributed by atoms with Gasteiger partial charge in [-0.3, -0.25) is 4.79 Å². The van der Waals surface area contributed by atoms with E-state index in [0.29, 0.717) is 17.7 Å². The molecule has 3 fully saturated rings. The smallest absolute Gasteiger partial charge is 0.227 e. The van der Waals surface area contributed by atoms with E-state index >= 15 is 0 Å². The normalized spacial score (nSPS) is 23.0. The second kappa shape index (κ2) is 8.38. The van der Waals surface area contributed by atoms with Gasteiger partial charge in [0.1, 0.15) is 6.33 Å². The van der Waals surface area contributed by atoms with Crippen molar-refractivity contribution in [3.63, 3.8) is 0 Å². The number of piperazine rings is 1. The molecule has 0 N–H and O–H groups in total. The third-order valence-electron chi connectivity index (χ3n) is 6.67. The average molecular weight is 410 g/mol. The number of hydrogen-bond donors (Lipinski definition) is 0. The number of rotatable bonds is 5. The molecular formula is C23H31N5O2. The van der Waals surface area contributed by atoms with Crippen molar-refractivity contribution in [3.8, 4) is 5.88 Å². The molecule has 0 radical (unpaired) electrons. The lowest BCUT2D eigenvalue weighted by atomic mass is 9.96. The van der Waals surface area contributed by atoms with Gasteiger partial charge in [-0.2, -0.15) is 0 Å². The summed E-state index contributed by atoms with van der Waals surface area (Å²) in [5.41, 5.74) is 2.06. The Labute approximate surface area is 178 Å². The van der Waals surface area contributed by atoms with Gasteiger partial charge in [-0.05, 0) is 63.4 Å². The van der Waals surface area contributed by atoms with Crippen LogP contribution in [0.4, 0.5) is 5.69 Å².